The fourth-order valence-corrected chi connectivity index (χ4v) is 2.35. The number of rotatable bonds is 3. The summed E-state index contributed by atoms with van der Waals surface area (Å²) in [6.07, 6.45) is 4.39. The van der Waals surface area contributed by atoms with Crippen LogP contribution in [0.1, 0.15) is 36.8 Å². The monoisotopic (exact) mass is 217 g/mol. The van der Waals surface area contributed by atoms with Gasteiger partial charge < -0.3 is 5.73 Å². The number of carbonyl (C=O) groups excluding carboxylic acids is 1. The molecule has 0 aromatic heterocycles. The molecule has 2 heteroatoms. The molecule has 1 saturated carbocycles. The van der Waals surface area contributed by atoms with E-state index in [2.05, 4.69) is 0 Å². The second-order valence-electron chi connectivity index (χ2n) is 4.95. The van der Waals surface area contributed by atoms with E-state index < -0.39 is 5.54 Å². The van der Waals surface area contributed by atoms with Crippen molar-refractivity contribution in [1.29, 1.82) is 0 Å². The van der Waals surface area contributed by atoms with Crippen LogP contribution < -0.4 is 5.73 Å². The van der Waals surface area contributed by atoms with Crippen LogP contribution in [0.25, 0.3) is 0 Å². The molecule has 1 aliphatic rings. The first kappa shape index (κ1) is 11.3. The van der Waals surface area contributed by atoms with Crippen LogP contribution in [0.5, 0.6) is 0 Å². The summed E-state index contributed by atoms with van der Waals surface area (Å²) >= 11 is 0. The van der Waals surface area contributed by atoms with Crippen molar-refractivity contribution < 1.29 is 4.79 Å². The molecule has 86 valence electrons. The Bertz CT molecular complexity index is 374. The summed E-state index contributed by atoms with van der Waals surface area (Å²) < 4.78 is 0. The molecule has 0 bridgehead atoms. The molecule has 0 spiro atoms. The molecule has 2 nitrogen and oxygen atoms in total. The van der Waals surface area contributed by atoms with Gasteiger partial charge in [0.15, 0.2) is 5.78 Å². The van der Waals surface area contributed by atoms with E-state index in [9.17, 15) is 4.79 Å². The molecule has 0 radical (unpaired) electrons. The Balaban J connectivity index is 2.04. The lowest BCUT2D eigenvalue weighted by Crippen LogP contribution is -2.46. The van der Waals surface area contributed by atoms with Gasteiger partial charge in [0.05, 0.1) is 5.54 Å². The maximum absolute atomic E-state index is 12.1. The van der Waals surface area contributed by atoms with E-state index in [4.69, 9.17) is 5.73 Å². The van der Waals surface area contributed by atoms with Crippen LogP contribution in [-0.4, -0.2) is 11.3 Å². The molecular weight excluding hydrogens is 198 g/mol. The molecule has 2 N–H and O–H groups in total. The average Bonchev–Trinajstić information content (AvgIpc) is 2.70. The molecule has 0 atom stereocenters. The molecule has 0 unspecified atom stereocenters. The molecule has 1 aliphatic carbocycles. The Morgan fingerprint density at radius 3 is 2.38 bits per heavy atom. The van der Waals surface area contributed by atoms with Crippen LogP contribution in [0, 0.1) is 6.92 Å². The minimum atomic E-state index is -0.537. The van der Waals surface area contributed by atoms with E-state index in [0.717, 1.165) is 31.2 Å². The van der Waals surface area contributed by atoms with Crippen molar-refractivity contribution in [2.75, 3.05) is 0 Å². The smallest absolute Gasteiger partial charge is 0.156 e. The van der Waals surface area contributed by atoms with Crippen LogP contribution in [0.3, 0.4) is 0 Å². The predicted octanol–water partition coefficient (Wildman–Crippen LogP) is 2.38. The Labute approximate surface area is 96.8 Å². The van der Waals surface area contributed by atoms with E-state index in [1.807, 2.05) is 31.2 Å². The number of hydrogen-bond donors (Lipinski definition) is 1. The highest BCUT2D eigenvalue weighted by Gasteiger charge is 2.36. The number of hydrogen-bond acceptors (Lipinski definition) is 2. The molecule has 1 aromatic rings. The minimum Gasteiger partial charge on any atom is -0.319 e. The van der Waals surface area contributed by atoms with Crippen molar-refractivity contribution >= 4 is 5.78 Å². The summed E-state index contributed by atoms with van der Waals surface area (Å²) in [5.41, 5.74) is 7.89. The van der Waals surface area contributed by atoms with Gasteiger partial charge in [-0.25, -0.2) is 0 Å². The third kappa shape index (κ3) is 2.33. The first-order valence-electron chi connectivity index (χ1n) is 5.98. The highest BCUT2D eigenvalue weighted by Crippen LogP contribution is 2.29. The Hall–Kier alpha value is -1.15. The van der Waals surface area contributed by atoms with Crippen molar-refractivity contribution in [1.82, 2.24) is 0 Å². The van der Waals surface area contributed by atoms with Gasteiger partial charge >= 0.3 is 0 Å². The zero-order valence-corrected chi connectivity index (χ0v) is 9.83. The Kier molecular flexibility index (Phi) is 3.10. The number of ketones is 1. The quantitative estimate of drug-likeness (QED) is 0.844. The molecule has 0 saturated heterocycles. The Morgan fingerprint density at radius 2 is 1.81 bits per heavy atom. The van der Waals surface area contributed by atoms with E-state index in [1.165, 1.54) is 5.56 Å². The number of Topliss-reactive ketones (excluding diaryl/α,β-unsaturated/α-hetero) is 1. The largest absolute Gasteiger partial charge is 0.319 e. The number of aryl methyl sites for hydroxylation is 1. The van der Waals surface area contributed by atoms with Crippen molar-refractivity contribution in [3.8, 4) is 0 Å². The average molecular weight is 217 g/mol. The molecule has 1 fully saturated rings. The lowest BCUT2D eigenvalue weighted by atomic mass is 9.89. The number of carbonyl (C=O) groups is 1. The predicted molar refractivity (Wildman–Crippen MR) is 65.3 cm³/mol. The number of nitrogens with two attached hydrogens (primary N) is 1. The van der Waals surface area contributed by atoms with Crippen LogP contribution in [0.15, 0.2) is 24.3 Å². The van der Waals surface area contributed by atoms with Gasteiger partial charge in [-0.15, -0.1) is 0 Å². The van der Waals surface area contributed by atoms with Gasteiger partial charge in [0.25, 0.3) is 0 Å². The summed E-state index contributed by atoms with van der Waals surface area (Å²) in [5, 5.41) is 0. The second kappa shape index (κ2) is 4.38. The second-order valence-corrected chi connectivity index (χ2v) is 4.95. The van der Waals surface area contributed by atoms with Crippen molar-refractivity contribution in [2.24, 2.45) is 5.73 Å². The van der Waals surface area contributed by atoms with Crippen LogP contribution in [0.4, 0.5) is 0 Å². The first-order chi connectivity index (χ1) is 7.60. The topological polar surface area (TPSA) is 43.1 Å². The third-order valence-electron chi connectivity index (χ3n) is 3.54. The van der Waals surface area contributed by atoms with Gasteiger partial charge in [-0.05, 0) is 25.3 Å². The molecule has 1 aromatic carbocycles. The van der Waals surface area contributed by atoms with E-state index in [0.29, 0.717) is 6.42 Å². The van der Waals surface area contributed by atoms with Gasteiger partial charge in [0.2, 0.25) is 0 Å². The highest BCUT2D eigenvalue weighted by molar-refractivity contribution is 5.90. The SMILES string of the molecule is Cc1ccc(CC(=O)C2(N)CCCC2)cc1. The van der Waals surface area contributed by atoms with Gasteiger partial charge in [0.1, 0.15) is 0 Å². The van der Waals surface area contributed by atoms with Crippen molar-refractivity contribution in [2.45, 2.75) is 44.6 Å². The van der Waals surface area contributed by atoms with Crippen molar-refractivity contribution in [3.63, 3.8) is 0 Å². The Morgan fingerprint density at radius 1 is 1.25 bits per heavy atom. The van der Waals surface area contributed by atoms with Crippen LogP contribution >= 0.6 is 0 Å². The maximum atomic E-state index is 12.1. The fourth-order valence-electron chi connectivity index (χ4n) is 2.35. The molecule has 16 heavy (non-hydrogen) atoms. The molecular formula is C14H19NO. The summed E-state index contributed by atoms with van der Waals surface area (Å²) in [6, 6.07) is 8.12. The first-order valence-corrected chi connectivity index (χ1v) is 5.98. The summed E-state index contributed by atoms with van der Waals surface area (Å²) in [6.45, 7) is 2.05. The van der Waals surface area contributed by atoms with Crippen LogP contribution in [0.2, 0.25) is 0 Å². The molecule has 0 amide bonds. The normalized spacial score (nSPS) is 18.6. The van der Waals surface area contributed by atoms with Gasteiger partial charge in [-0.2, -0.15) is 0 Å². The van der Waals surface area contributed by atoms with Crippen LogP contribution in [-0.2, 0) is 11.2 Å². The molecule has 0 aliphatic heterocycles. The van der Waals surface area contributed by atoms with Gasteiger partial charge in [0, 0.05) is 6.42 Å². The fraction of sp³-hybridized carbons (Fsp3) is 0.500. The minimum absolute atomic E-state index is 0.203. The van der Waals surface area contributed by atoms with Crippen molar-refractivity contribution in [3.05, 3.63) is 35.4 Å². The van der Waals surface area contributed by atoms with E-state index >= 15 is 0 Å². The standard InChI is InChI=1S/C14H19NO/c1-11-4-6-12(7-5-11)10-13(16)14(15)8-2-3-9-14/h4-7H,2-3,8-10,15H2,1H3. The lowest BCUT2D eigenvalue weighted by Gasteiger charge is -2.21. The third-order valence-corrected chi connectivity index (χ3v) is 3.54. The van der Waals surface area contributed by atoms with Gasteiger partial charge in [-0.3, -0.25) is 4.79 Å². The highest BCUT2D eigenvalue weighted by atomic mass is 16.1. The van der Waals surface area contributed by atoms with E-state index in [1.54, 1.807) is 0 Å². The molecule has 0 heterocycles. The zero-order chi connectivity index (χ0) is 11.6. The molecule has 2 rings (SSSR count). The maximum Gasteiger partial charge on any atom is 0.156 e. The van der Waals surface area contributed by atoms with Gasteiger partial charge in [-0.1, -0.05) is 42.7 Å². The summed E-state index contributed by atoms with van der Waals surface area (Å²) in [5.74, 6) is 0.203. The number of benzene rings is 1. The lowest BCUT2D eigenvalue weighted by molar-refractivity contribution is -0.123. The summed E-state index contributed by atoms with van der Waals surface area (Å²) in [4.78, 5) is 12.1. The summed E-state index contributed by atoms with van der Waals surface area (Å²) in [7, 11) is 0. The van der Waals surface area contributed by atoms with E-state index in [-0.39, 0.29) is 5.78 Å². The zero-order valence-electron chi connectivity index (χ0n) is 9.83.